The van der Waals surface area contributed by atoms with Crippen molar-refractivity contribution >= 4 is 17.7 Å². The Labute approximate surface area is 145 Å². The Morgan fingerprint density at radius 2 is 2.08 bits per heavy atom. The summed E-state index contributed by atoms with van der Waals surface area (Å²) in [6.45, 7) is 4.71. The van der Waals surface area contributed by atoms with E-state index in [1.165, 1.54) is 17.3 Å². The van der Waals surface area contributed by atoms with E-state index in [4.69, 9.17) is 5.26 Å². The number of amides is 1. The maximum absolute atomic E-state index is 12.0. The van der Waals surface area contributed by atoms with E-state index in [9.17, 15) is 4.79 Å². The summed E-state index contributed by atoms with van der Waals surface area (Å²) in [6, 6.07) is 10.1. The molecule has 1 amide bonds. The van der Waals surface area contributed by atoms with Crippen molar-refractivity contribution in [2.45, 2.75) is 31.3 Å². The van der Waals surface area contributed by atoms with Gasteiger partial charge in [0.2, 0.25) is 11.1 Å². The van der Waals surface area contributed by atoms with E-state index >= 15 is 0 Å². The Morgan fingerprint density at radius 3 is 2.71 bits per heavy atom. The lowest BCUT2D eigenvalue weighted by atomic mass is 10.0. The van der Waals surface area contributed by atoms with Crippen LogP contribution in [-0.4, -0.2) is 50.4 Å². The predicted octanol–water partition coefficient (Wildman–Crippen LogP) is 2.25. The Kier molecular flexibility index (Phi) is 6.32. The van der Waals surface area contributed by atoms with E-state index in [-0.39, 0.29) is 11.7 Å². The fourth-order valence-electron chi connectivity index (χ4n) is 2.01. The number of nitrogens with zero attached hydrogens (tertiary/aromatic N) is 6. The van der Waals surface area contributed by atoms with Crippen LogP contribution in [0.4, 0.5) is 0 Å². The highest BCUT2D eigenvalue weighted by atomic mass is 32.2. The molecule has 7 nitrogen and oxygen atoms in total. The summed E-state index contributed by atoms with van der Waals surface area (Å²) in [4.78, 5) is 13.6. The largest absolute Gasteiger partial charge is 0.344 e. The highest BCUT2D eigenvalue weighted by molar-refractivity contribution is 7.99. The highest BCUT2D eigenvalue weighted by Crippen LogP contribution is 2.21. The van der Waals surface area contributed by atoms with E-state index in [0.717, 1.165) is 5.69 Å². The quantitative estimate of drug-likeness (QED) is 0.716. The molecule has 1 heterocycles. The number of aromatic nitrogens is 4. The van der Waals surface area contributed by atoms with Crippen LogP contribution in [-0.2, 0) is 4.79 Å². The number of carbonyl (C=O) groups is 1. The number of nitriles is 1. The minimum Gasteiger partial charge on any atom is -0.344 e. The molecule has 0 atom stereocenters. The van der Waals surface area contributed by atoms with Gasteiger partial charge < -0.3 is 4.90 Å². The number of carbonyl (C=O) groups excluding carboxylic acids is 1. The molecule has 0 saturated heterocycles. The minimum absolute atomic E-state index is 0.0556. The van der Waals surface area contributed by atoms with E-state index in [1.807, 2.05) is 18.2 Å². The minimum atomic E-state index is -0.0556. The van der Waals surface area contributed by atoms with Crippen molar-refractivity contribution in [2.24, 2.45) is 0 Å². The molecule has 1 aromatic carbocycles. The molecule has 1 aromatic heterocycles. The molecule has 0 aliphatic rings. The molecule has 0 aliphatic carbocycles. The maximum atomic E-state index is 12.0. The summed E-state index contributed by atoms with van der Waals surface area (Å²) in [6.07, 6.45) is 0.326. The molecule has 126 valence electrons. The van der Waals surface area contributed by atoms with Gasteiger partial charge in [0.05, 0.1) is 23.9 Å². The van der Waals surface area contributed by atoms with Crippen molar-refractivity contribution in [3.8, 4) is 11.8 Å². The molecule has 0 spiro atoms. The van der Waals surface area contributed by atoms with Crippen molar-refractivity contribution in [2.75, 3.05) is 19.3 Å². The summed E-state index contributed by atoms with van der Waals surface area (Å²) in [5.41, 5.74) is 2.10. The second-order valence-electron chi connectivity index (χ2n) is 5.63. The summed E-state index contributed by atoms with van der Waals surface area (Å²) >= 11 is 1.28. The predicted molar refractivity (Wildman–Crippen MR) is 91.8 cm³/mol. The summed E-state index contributed by atoms with van der Waals surface area (Å²) < 4.78 is 1.62. The van der Waals surface area contributed by atoms with E-state index in [1.54, 1.807) is 16.6 Å². The molecule has 24 heavy (non-hydrogen) atoms. The summed E-state index contributed by atoms with van der Waals surface area (Å²) in [5, 5.41) is 20.8. The number of thioether (sulfide) groups is 1. The molecule has 2 rings (SSSR count). The average Bonchev–Trinajstić information content (AvgIpc) is 3.06. The first-order valence-corrected chi connectivity index (χ1v) is 8.64. The maximum Gasteiger partial charge on any atom is 0.232 e. The molecule has 0 fully saturated rings. The monoisotopic (exact) mass is 344 g/mol. The molecule has 0 radical (unpaired) electrons. The van der Waals surface area contributed by atoms with Gasteiger partial charge in [0.25, 0.3) is 0 Å². The van der Waals surface area contributed by atoms with E-state index in [0.29, 0.717) is 24.0 Å². The van der Waals surface area contributed by atoms with Crippen molar-refractivity contribution in [1.82, 2.24) is 25.1 Å². The highest BCUT2D eigenvalue weighted by Gasteiger charge is 2.14. The van der Waals surface area contributed by atoms with Crippen LogP contribution in [0.25, 0.3) is 5.69 Å². The number of rotatable bonds is 7. The molecule has 0 aliphatic heterocycles. The van der Waals surface area contributed by atoms with Crippen LogP contribution >= 0.6 is 11.8 Å². The number of tetrazole rings is 1. The van der Waals surface area contributed by atoms with Gasteiger partial charge in [0.15, 0.2) is 0 Å². The van der Waals surface area contributed by atoms with Crippen LogP contribution in [0.5, 0.6) is 0 Å². The van der Waals surface area contributed by atoms with Crippen molar-refractivity contribution < 1.29 is 4.79 Å². The third-order valence-corrected chi connectivity index (χ3v) is 4.46. The molecule has 2 aromatic rings. The zero-order chi connectivity index (χ0) is 17.5. The summed E-state index contributed by atoms with van der Waals surface area (Å²) in [7, 11) is 1.69. The first-order chi connectivity index (χ1) is 11.5. The van der Waals surface area contributed by atoms with Gasteiger partial charge in [-0.25, -0.2) is 0 Å². The van der Waals surface area contributed by atoms with Crippen LogP contribution in [0.2, 0.25) is 0 Å². The number of hydrogen-bond donors (Lipinski definition) is 0. The average molecular weight is 344 g/mol. The van der Waals surface area contributed by atoms with Gasteiger partial charge in [-0.3, -0.25) is 4.79 Å². The zero-order valence-corrected chi connectivity index (χ0v) is 14.8. The molecular weight excluding hydrogens is 324 g/mol. The van der Waals surface area contributed by atoms with Crippen LogP contribution in [0.15, 0.2) is 29.4 Å². The SMILES string of the molecule is CC(C)c1ccc(-n2nnnc2SCC(=O)N(C)CCC#N)cc1. The second kappa shape index (κ2) is 8.45. The van der Waals surface area contributed by atoms with Crippen molar-refractivity contribution in [3.05, 3.63) is 29.8 Å². The van der Waals surface area contributed by atoms with E-state index < -0.39 is 0 Å². The Morgan fingerprint density at radius 1 is 1.38 bits per heavy atom. The van der Waals surface area contributed by atoms with Crippen LogP contribution in [0.1, 0.15) is 31.7 Å². The van der Waals surface area contributed by atoms with Crippen LogP contribution in [0, 0.1) is 11.3 Å². The normalized spacial score (nSPS) is 10.6. The molecule has 0 bridgehead atoms. The lowest BCUT2D eigenvalue weighted by Gasteiger charge is -2.14. The molecule has 0 N–H and O–H groups in total. The third-order valence-electron chi connectivity index (χ3n) is 3.55. The van der Waals surface area contributed by atoms with Gasteiger partial charge in [0.1, 0.15) is 0 Å². The van der Waals surface area contributed by atoms with Gasteiger partial charge in [0, 0.05) is 13.6 Å². The van der Waals surface area contributed by atoms with Crippen LogP contribution in [0.3, 0.4) is 0 Å². The Hall–Kier alpha value is -2.40. The Balaban J connectivity index is 2.02. The van der Waals surface area contributed by atoms with Crippen molar-refractivity contribution in [3.63, 3.8) is 0 Å². The van der Waals surface area contributed by atoms with Crippen LogP contribution < -0.4 is 0 Å². The molecule has 0 saturated carbocycles. The number of hydrogen-bond acceptors (Lipinski definition) is 6. The smallest absolute Gasteiger partial charge is 0.232 e. The number of benzene rings is 1. The topological polar surface area (TPSA) is 87.7 Å². The van der Waals surface area contributed by atoms with Gasteiger partial charge in [-0.15, -0.1) is 5.10 Å². The van der Waals surface area contributed by atoms with Crippen molar-refractivity contribution in [1.29, 1.82) is 5.26 Å². The molecule has 0 unspecified atom stereocenters. The van der Waals surface area contributed by atoms with E-state index in [2.05, 4.69) is 41.5 Å². The standard InChI is InChI=1S/C16H20N6OS/c1-12(2)13-5-7-14(8-6-13)22-16(18-19-20-22)24-11-15(23)21(3)10-4-9-17/h5-8,12H,4,10-11H2,1-3H3. The van der Waals surface area contributed by atoms with Gasteiger partial charge in [-0.05, 0) is 34.0 Å². The summed E-state index contributed by atoms with van der Waals surface area (Å²) in [5.74, 6) is 0.634. The lowest BCUT2D eigenvalue weighted by molar-refractivity contribution is -0.127. The fraction of sp³-hybridized carbons (Fsp3) is 0.438. The van der Waals surface area contributed by atoms with Gasteiger partial charge in [-0.2, -0.15) is 9.94 Å². The van der Waals surface area contributed by atoms with Gasteiger partial charge >= 0.3 is 0 Å². The second-order valence-corrected chi connectivity index (χ2v) is 6.57. The zero-order valence-electron chi connectivity index (χ0n) is 14.0. The third kappa shape index (κ3) is 4.55. The first kappa shape index (κ1) is 17.9. The molecular formula is C16H20N6OS. The van der Waals surface area contributed by atoms with Gasteiger partial charge in [-0.1, -0.05) is 37.7 Å². The lowest BCUT2D eigenvalue weighted by Crippen LogP contribution is -2.29. The fourth-order valence-corrected chi connectivity index (χ4v) is 2.84. The first-order valence-electron chi connectivity index (χ1n) is 7.65. The Bertz CT molecular complexity index is 719. The molecule has 8 heteroatoms.